The van der Waals surface area contributed by atoms with Gasteiger partial charge in [0.05, 0.1) is 7.11 Å². The Labute approximate surface area is 100 Å². The van der Waals surface area contributed by atoms with Crippen molar-refractivity contribution in [3.63, 3.8) is 0 Å². The smallest absolute Gasteiger partial charge is 0.165 e. The Bertz CT molecular complexity index is 529. The Kier molecular flexibility index (Phi) is 3.24. The molecule has 0 N–H and O–H groups in total. The van der Waals surface area contributed by atoms with Gasteiger partial charge in [-0.15, -0.1) is 0 Å². The molecule has 0 aliphatic heterocycles. The van der Waals surface area contributed by atoms with E-state index < -0.39 is 0 Å². The Hall–Kier alpha value is -2.09. The molecule has 0 fully saturated rings. The van der Waals surface area contributed by atoms with Crippen LogP contribution in [-0.2, 0) is 0 Å². The summed E-state index contributed by atoms with van der Waals surface area (Å²) in [5.41, 5.74) is 2.85. The Balaban J connectivity index is 2.38. The van der Waals surface area contributed by atoms with Gasteiger partial charge in [-0.05, 0) is 28.8 Å². The predicted molar refractivity (Wildman–Crippen MR) is 68.5 cm³/mol. The molecular formula is C15H13FO. The molecule has 0 amide bonds. The molecule has 0 aliphatic carbocycles. The number of methoxy groups -OCH3 is 1. The third kappa shape index (κ3) is 2.36. The lowest BCUT2D eigenvalue weighted by molar-refractivity contribution is 0.386. The number of hydrogen-bond donors (Lipinski definition) is 0. The molecule has 0 saturated heterocycles. The molecule has 0 atom stereocenters. The number of hydrogen-bond acceptors (Lipinski definition) is 1. The molecule has 0 unspecified atom stereocenters. The fourth-order valence-corrected chi connectivity index (χ4v) is 1.66. The highest BCUT2D eigenvalue weighted by Crippen LogP contribution is 2.25. The van der Waals surface area contributed by atoms with Crippen molar-refractivity contribution in [2.24, 2.45) is 0 Å². The van der Waals surface area contributed by atoms with E-state index in [1.165, 1.54) is 13.2 Å². The van der Waals surface area contributed by atoms with E-state index in [1.807, 2.05) is 30.3 Å². The van der Waals surface area contributed by atoms with Crippen molar-refractivity contribution in [3.8, 4) is 16.9 Å². The van der Waals surface area contributed by atoms with E-state index in [2.05, 4.69) is 6.58 Å². The molecule has 0 spiro atoms. The van der Waals surface area contributed by atoms with Gasteiger partial charge in [0.25, 0.3) is 0 Å². The minimum atomic E-state index is -0.349. The highest BCUT2D eigenvalue weighted by atomic mass is 19.1. The largest absolute Gasteiger partial charge is 0.494 e. The van der Waals surface area contributed by atoms with E-state index in [4.69, 9.17) is 4.74 Å². The highest BCUT2D eigenvalue weighted by molar-refractivity contribution is 5.66. The topological polar surface area (TPSA) is 9.23 Å². The zero-order valence-electron chi connectivity index (χ0n) is 9.61. The Morgan fingerprint density at radius 3 is 2.24 bits per heavy atom. The average Bonchev–Trinajstić information content (AvgIpc) is 2.39. The van der Waals surface area contributed by atoms with Crippen LogP contribution in [0.1, 0.15) is 5.56 Å². The minimum Gasteiger partial charge on any atom is -0.494 e. The van der Waals surface area contributed by atoms with Crippen LogP contribution in [0.25, 0.3) is 17.2 Å². The van der Waals surface area contributed by atoms with Crippen LogP contribution < -0.4 is 4.74 Å². The summed E-state index contributed by atoms with van der Waals surface area (Å²) in [4.78, 5) is 0. The highest BCUT2D eigenvalue weighted by Gasteiger charge is 2.04. The summed E-state index contributed by atoms with van der Waals surface area (Å²) in [5.74, 6) is -0.0886. The molecule has 0 aromatic heterocycles. The van der Waals surface area contributed by atoms with Crippen molar-refractivity contribution in [2.45, 2.75) is 0 Å². The zero-order chi connectivity index (χ0) is 12.3. The summed E-state index contributed by atoms with van der Waals surface area (Å²) in [6.45, 7) is 3.69. The van der Waals surface area contributed by atoms with Crippen LogP contribution in [0, 0.1) is 5.82 Å². The zero-order valence-corrected chi connectivity index (χ0v) is 9.61. The Morgan fingerprint density at radius 2 is 1.71 bits per heavy atom. The lowest BCUT2D eigenvalue weighted by Gasteiger charge is -2.05. The van der Waals surface area contributed by atoms with Gasteiger partial charge in [-0.25, -0.2) is 4.39 Å². The maximum absolute atomic E-state index is 13.5. The van der Waals surface area contributed by atoms with Crippen molar-refractivity contribution in [1.29, 1.82) is 0 Å². The number of halogens is 1. The number of ether oxygens (including phenoxy) is 1. The van der Waals surface area contributed by atoms with Crippen LogP contribution in [0.15, 0.2) is 49.0 Å². The quantitative estimate of drug-likeness (QED) is 0.767. The molecule has 2 aromatic carbocycles. The van der Waals surface area contributed by atoms with Crippen LogP contribution in [-0.4, -0.2) is 7.11 Å². The maximum Gasteiger partial charge on any atom is 0.165 e. The second kappa shape index (κ2) is 4.83. The normalized spacial score (nSPS) is 10.0. The molecule has 0 bridgehead atoms. The van der Waals surface area contributed by atoms with E-state index in [0.29, 0.717) is 0 Å². The molecular weight excluding hydrogens is 215 g/mol. The maximum atomic E-state index is 13.5. The molecule has 2 aromatic rings. The van der Waals surface area contributed by atoms with Crippen molar-refractivity contribution >= 4 is 6.08 Å². The second-order valence-corrected chi connectivity index (χ2v) is 3.68. The van der Waals surface area contributed by atoms with Gasteiger partial charge in [0.1, 0.15) is 0 Å². The third-order valence-corrected chi connectivity index (χ3v) is 2.63. The first-order chi connectivity index (χ1) is 8.24. The molecule has 17 heavy (non-hydrogen) atoms. The molecule has 0 heterocycles. The molecule has 0 radical (unpaired) electrons. The average molecular weight is 228 g/mol. The van der Waals surface area contributed by atoms with Gasteiger partial charge in [0.2, 0.25) is 0 Å². The van der Waals surface area contributed by atoms with Gasteiger partial charge >= 0.3 is 0 Å². The predicted octanol–water partition coefficient (Wildman–Crippen LogP) is 4.14. The summed E-state index contributed by atoms with van der Waals surface area (Å²) in [6.07, 6.45) is 1.78. The fourth-order valence-electron chi connectivity index (χ4n) is 1.66. The Morgan fingerprint density at radius 1 is 1.06 bits per heavy atom. The van der Waals surface area contributed by atoms with Crippen LogP contribution in [0.3, 0.4) is 0 Å². The molecule has 0 saturated carbocycles. The van der Waals surface area contributed by atoms with Gasteiger partial charge in [0.15, 0.2) is 11.6 Å². The second-order valence-electron chi connectivity index (χ2n) is 3.68. The van der Waals surface area contributed by atoms with Gasteiger partial charge < -0.3 is 4.74 Å². The monoisotopic (exact) mass is 228 g/mol. The van der Waals surface area contributed by atoms with Crippen LogP contribution in [0.5, 0.6) is 5.75 Å². The van der Waals surface area contributed by atoms with Gasteiger partial charge in [-0.1, -0.05) is 43.0 Å². The first-order valence-electron chi connectivity index (χ1n) is 5.31. The summed E-state index contributed by atoms with van der Waals surface area (Å²) in [5, 5.41) is 0. The lowest BCUT2D eigenvalue weighted by atomic mass is 10.0. The number of rotatable bonds is 3. The first kappa shape index (κ1) is 11.4. The van der Waals surface area contributed by atoms with Crippen molar-refractivity contribution in [3.05, 3.63) is 60.4 Å². The van der Waals surface area contributed by atoms with E-state index in [9.17, 15) is 4.39 Å². The van der Waals surface area contributed by atoms with E-state index >= 15 is 0 Å². The van der Waals surface area contributed by atoms with E-state index in [1.54, 1.807) is 12.1 Å². The summed E-state index contributed by atoms with van der Waals surface area (Å²) in [7, 11) is 1.46. The molecule has 0 aliphatic rings. The van der Waals surface area contributed by atoms with Crippen molar-refractivity contribution < 1.29 is 9.13 Å². The SMILES string of the molecule is C=Cc1ccc(-c2ccc(OC)c(F)c2)cc1. The number of benzene rings is 2. The van der Waals surface area contributed by atoms with Crippen LogP contribution in [0.2, 0.25) is 0 Å². The van der Waals surface area contributed by atoms with Crippen molar-refractivity contribution in [1.82, 2.24) is 0 Å². The molecule has 1 nitrogen and oxygen atoms in total. The van der Waals surface area contributed by atoms with E-state index in [0.717, 1.165) is 16.7 Å². The lowest BCUT2D eigenvalue weighted by Crippen LogP contribution is -1.88. The van der Waals surface area contributed by atoms with Gasteiger partial charge in [-0.2, -0.15) is 0 Å². The van der Waals surface area contributed by atoms with Gasteiger partial charge in [-0.3, -0.25) is 0 Å². The van der Waals surface area contributed by atoms with Crippen molar-refractivity contribution in [2.75, 3.05) is 7.11 Å². The van der Waals surface area contributed by atoms with Crippen LogP contribution in [0.4, 0.5) is 4.39 Å². The fraction of sp³-hybridized carbons (Fsp3) is 0.0667. The van der Waals surface area contributed by atoms with Gasteiger partial charge in [0, 0.05) is 0 Å². The summed E-state index contributed by atoms with van der Waals surface area (Å²) in [6, 6.07) is 12.7. The first-order valence-corrected chi connectivity index (χ1v) is 5.31. The third-order valence-electron chi connectivity index (χ3n) is 2.63. The van der Waals surface area contributed by atoms with Crippen LogP contribution >= 0.6 is 0 Å². The molecule has 2 rings (SSSR count). The minimum absolute atomic E-state index is 0.261. The van der Waals surface area contributed by atoms with E-state index in [-0.39, 0.29) is 11.6 Å². The summed E-state index contributed by atoms with van der Waals surface area (Å²) >= 11 is 0. The standard InChI is InChI=1S/C15H13FO/c1-3-11-4-6-12(7-5-11)13-8-9-15(17-2)14(16)10-13/h3-10H,1H2,2H3. The molecule has 86 valence electrons. The molecule has 2 heteroatoms. The summed E-state index contributed by atoms with van der Waals surface area (Å²) < 4.78 is 18.4.